The van der Waals surface area contributed by atoms with Crippen molar-refractivity contribution >= 4 is 15.8 Å². The number of phenols is 1. The number of sulfone groups is 1. The minimum absolute atomic E-state index is 0.0423. The summed E-state index contributed by atoms with van der Waals surface area (Å²) in [6.07, 6.45) is 0.359. The predicted molar refractivity (Wildman–Crippen MR) is 71.5 cm³/mol. The third kappa shape index (κ3) is 3.63. The van der Waals surface area contributed by atoms with Gasteiger partial charge in [0, 0.05) is 0 Å². The number of ether oxygens (including phenoxy) is 1. The van der Waals surface area contributed by atoms with Gasteiger partial charge in [-0.1, -0.05) is 0 Å². The van der Waals surface area contributed by atoms with E-state index in [4.69, 9.17) is 9.84 Å². The number of benzene rings is 1. The fraction of sp³-hybridized carbons (Fsp3) is 0.462. The predicted octanol–water partition coefficient (Wildman–Crippen LogP) is 0.907. The van der Waals surface area contributed by atoms with Gasteiger partial charge in [-0.15, -0.1) is 0 Å². The Kier molecular flexibility index (Phi) is 4.17. The molecule has 0 saturated carbocycles. The SMILES string of the molecule is O=C(O)C(COc1ccc(O)cc1)C1CCS(=O)(=O)C1. The molecule has 1 heterocycles. The molecule has 1 aromatic carbocycles. The van der Waals surface area contributed by atoms with Crippen molar-refractivity contribution in [3.8, 4) is 11.5 Å². The molecule has 1 aliphatic rings. The molecule has 0 amide bonds. The van der Waals surface area contributed by atoms with Crippen LogP contribution in [0.2, 0.25) is 0 Å². The van der Waals surface area contributed by atoms with Crippen molar-refractivity contribution in [3.05, 3.63) is 24.3 Å². The zero-order chi connectivity index (χ0) is 14.8. The number of hydrogen-bond donors (Lipinski definition) is 2. The molecule has 0 bridgehead atoms. The van der Waals surface area contributed by atoms with Crippen molar-refractivity contribution in [3.63, 3.8) is 0 Å². The first-order chi connectivity index (χ1) is 9.37. The molecule has 1 fully saturated rings. The van der Waals surface area contributed by atoms with E-state index in [2.05, 4.69) is 0 Å². The van der Waals surface area contributed by atoms with Crippen LogP contribution in [-0.4, -0.2) is 42.7 Å². The fourth-order valence-corrected chi connectivity index (χ4v) is 4.16. The van der Waals surface area contributed by atoms with Gasteiger partial charge in [0.25, 0.3) is 0 Å². The second-order valence-corrected chi connectivity index (χ2v) is 7.14. The third-order valence-corrected chi connectivity index (χ3v) is 5.21. The third-order valence-electron chi connectivity index (χ3n) is 3.42. The molecule has 110 valence electrons. The summed E-state index contributed by atoms with van der Waals surface area (Å²) >= 11 is 0. The number of rotatable bonds is 5. The minimum Gasteiger partial charge on any atom is -0.508 e. The molecule has 1 aromatic rings. The van der Waals surface area contributed by atoms with Gasteiger partial charge < -0.3 is 14.9 Å². The quantitative estimate of drug-likeness (QED) is 0.838. The van der Waals surface area contributed by atoms with E-state index >= 15 is 0 Å². The van der Waals surface area contributed by atoms with Gasteiger partial charge in [0.15, 0.2) is 9.84 Å². The van der Waals surface area contributed by atoms with Crippen LogP contribution >= 0.6 is 0 Å². The Bertz CT molecular complexity index is 577. The summed E-state index contributed by atoms with van der Waals surface area (Å²) in [6, 6.07) is 5.93. The summed E-state index contributed by atoms with van der Waals surface area (Å²) in [4.78, 5) is 11.3. The van der Waals surface area contributed by atoms with E-state index in [1.807, 2.05) is 0 Å². The number of carboxylic acid groups (broad SMARTS) is 1. The van der Waals surface area contributed by atoms with Crippen molar-refractivity contribution in [2.45, 2.75) is 6.42 Å². The summed E-state index contributed by atoms with van der Waals surface area (Å²) < 4.78 is 28.2. The first-order valence-electron chi connectivity index (χ1n) is 6.22. The number of carbonyl (C=O) groups is 1. The first-order valence-corrected chi connectivity index (χ1v) is 8.04. The lowest BCUT2D eigenvalue weighted by Gasteiger charge is -2.18. The Morgan fingerprint density at radius 3 is 2.50 bits per heavy atom. The fourth-order valence-electron chi connectivity index (χ4n) is 2.28. The van der Waals surface area contributed by atoms with Gasteiger partial charge >= 0.3 is 5.97 Å². The molecule has 1 saturated heterocycles. The van der Waals surface area contributed by atoms with Crippen molar-refractivity contribution in [2.75, 3.05) is 18.1 Å². The van der Waals surface area contributed by atoms with E-state index in [0.717, 1.165) is 0 Å². The number of hydrogen-bond acceptors (Lipinski definition) is 5. The topological polar surface area (TPSA) is 101 Å². The summed E-state index contributed by atoms with van der Waals surface area (Å²) in [5.74, 6) is -1.82. The molecule has 0 spiro atoms. The van der Waals surface area contributed by atoms with E-state index in [-0.39, 0.29) is 23.9 Å². The molecule has 2 rings (SSSR count). The Balaban J connectivity index is 2.00. The summed E-state index contributed by atoms with van der Waals surface area (Å²) in [5, 5.41) is 18.3. The van der Waals surface area contributed by atoms with Gasteiger partial charge in [-0.05, 0) is 36.6 Å². The molecular formula is C13H16O6S. The molecule has 2 N–H and O–H groups in total. The largest absolute Gasteiger partial charge is 0.508 e. The standard InChI is InChI=1S/C13H16O6S/c14-10-1-3-11(4-2-10)19-7-12(13(15)16)9-5-6-20(17,18)8-9/h1-4,9,12,14H,5-8H2,(H,15,16). The van der Waals surface area contributed by atoms with Gasteiger partial charge in [-0.2, -0.15) is 0 Å². The highest BCUT2D eigenvalue weighted by atomic mass is 32.2. The molecule has 6 nitrogen and oxygen atoms in total. The second kappa shape index (κ2) is 5.70. The lowest BCUT2D eigenvalue weighted by Crippen LogP contribution is -2.30. The second-order valence-electron chi connectivity index (χ2n) is 4.91. The molecule has 20 heavy (non-hydrogen) atoms. The van der Waals surface area contributed by atoms with Gasteiger partial charge in [0.2, 0.25) is 0 Å². The Labute approximate surface area is 116 Å². The lowest BCUT2D eigenvalue weighted by atomic mass is 9.93. The normalized spacial score (nSPS) is 22.3. The van der Waals surface area contributed by atoms with Crippen LogP contribution in [0.5, 0.6) is 11.5 Å². The van der Waals surface area contributed by atoms with Crippen LogP contribution in [0.3, 0.4) is 0 Å². The summed E-state index contributed by atoms with van der Waals surface area (Å²) in [7, 11) is -3.11. The molecule has 2 atom stereocenters. The monoisotopic (exact) mass is 300 g/mol. The smallest absolute Gasteiger partial charge is 0.310 e. The van der Waals surface area contributed by atoms with Gasteiger partial charge in [0.05, 0.1) is 17.4 Å². The van der Waals surface area contributed by atoms with Crippen LogP contribution in [0, 0.1) is 11.8 Å². The minimum atomic E-state index is -3.11. The van der Waals surface area contributed by atoms with Crippen LogP contribution in [0.4, 0.5) is 0 Å². The molecule has 2 unspecified atom stereocenters. The molecule has 0 radical (unpaired) electrons. The van der Waals surface area contributed by atoms with E-state index in [1.165, 1.54) is 24.3 Å². The molecule has 0 aromatic heterocycles. The van der Waals surface area contributed by atoms with Crippen LogP contribution < -0.4 is 4.74 Å². The highest BCUT2D eigenvalue weighted by Crippen LogP contribution is 2.27. The van der Waals surface area contributed by atoms with Crippen LogP contribution in [0.1, 0.15) is 6.42 Å². The highest BCUT2D eigenvalue weighted by Gasteiger charge is 2.37. The molecule has 1 aliphatic heterocycles. The number of carboxylic acids is 1. The highest BCUT2D eigenvalue weighted by molar-refractivity contribution is 7.91. The van der Waals surface area contributed by atoms with Crippen molar-refractivity contribution in [1.29, 1.82) is 0 Å². The number of aliphatic carboxylic acids is 1. The maximum atomic E-state index is 11.4. The van der Waals surface area contributed by atoms with E-state index in [9.17, 15) is 18.3 Å². The van der Waals surface area contributed by atoms with E-state index in [0.29, 0.717) is 12.2 Å². The van der Waals surface area contributed by atoms with E-state index in [1.54, 1.807) is 0 Å². The van der Waals surface area contributed by atoms with Gasteiger partial charge in [-0.25, -0.2) is 8.42 Å². The summed E-state index contributed by atoms with van der Waals surface area (Å²) in [6.45, 7) is -0.0830. The van der Waals surface area contributed by atoms with Crippen molar-refractivity contribution in [1.82, 2.24) is 0 Å². The molecule has 0 aliphatic carbocycles. The Morgan fingerprint density at radius 2 is 2.00 bits per heavy atom. The average molecular weight is 300 g/mol. The molecular weight excluding hydrogens is 284 g/mol. The van der Waals surface area contributed by atoms with Gasteiger partial charge in [-0.3, -0.25) is 4.79 Å². The zero-order valence-corrected chi connectivity index (χ0v) is 11.5. The number of aromatic hydroxyl groups is 1. The lowest BCUT2D eigenvalue weighted by molar-refractivity contribution is -0.144. The maximum absolute atomic E-state index is 11.4. The van der Waals surface area contributed by atoms with Crippen molar-refractivity contribution < 1.29 is 28.2 Å². The van der Waals surface area contributed by atoms with E-state index < -0.39 is 27.6 Å². The van der Waals surface area contributed by atoms with Crippen LogP contribution in [0.25, 0.3) is 0 Å². The Hall–Kier alpha value is -1.76. The van der Waals surface area contributed by atoms with Crippen molar-refractivity contribution in [2.24, 2.45) is 11.8 Å². The first kappa shape index (κ1) is 14.6. The average Bonchev–Trinajstić information content (AvgIpc) is 2.72. The number of phenolic OH excluding ortho intramolecular Hbond substituents is 1. The Morgan fingerprint density at radius 1 is 1.35 bits per heavy atom. The van der Waals surface area contributed by atoms with Crippen LogP contribution in [-0.2, 0) is 14.6 Å². The zero-order valence-electron chi connectivity index (χ0n) is 10.7. The molecule has 7 heteroatoms. The summed E-state index contributed by atoms with van der Waals surface area (Å²) in [5.41, 5.74) is 0. The van der Waals surface area contributed by atoms with Crippen LogP contribution in [0.15, 0.2) is 24.3 Å². The maximum Gasteiger partial charge on any atom is 0.310 e. The van der Waals surface area contributed by atoms with Gasteiger partial charge in [0.1, 0.15) is 18.1 Å².